The largest absolute Gasteiger partial charge is 0.494 e. The number of hydrazine groups is 1. The second-order valence-electron chi connectivity index (χ2n) is 10.3. The molecule has 1 amide bonds. The van der Waals surface area contributed by atoms with Crippen molar-refractivity contribution in [3.8, 4) is 16.9 Å². The molecule has 0 aliphatic carbocycles. The van der Waals surface area contributed by atoms with Crippen LogP contribution in [0.1, 0.15) is 29.2 Å². The van der Waals surface area contributed by atoms with Gasteiger partial charge in [-0.05, 0) is 46.5 Å². The molecule has 0 aromatic heterocycles. The fourth-order valence-electron chi connectivity index (χ4n) is 4.97. The molecule has 5 rings (SSSR count). The van der Waals surface area contributed by atoms with Crippen molar-refractivity contribution in [2.75, 3.05) is 27.3 Å². The van der Waals surface area contributed by atoms with E-state index in [1.165, 1.54) is 0 Å². The molecule has 0 spiro atoms. The van der Waals surface area contributed by atoms with Gasteiger partial charge in [0.1, 0.15) is 5.75 Å². The van der Waals surface area contributed by atoms with E-state index in [9.17, 15) is 4.79 Å². The third-order valence-corrected chi connectivity index (χ3v) is 6.99. The molecule has 0 fully saturated rings. The third kappa shape index (κ3) is 6.48. The summed E-state index contributed by atoms with van der Waals surface area (Å²) < 4.78 is 12.3. The molecule has 4 aromatic carbocycles. The van der Waals surface area contributed by atoms with Gasteiger partial charge in [0.25, 0.3) is 5.91 Å². The van der Waals surface area contributed by atoms with Gasteiger partial charge in [-0.15, -0.1) is 0 Å². The summed E-state index contributed by atoms with van der Waals surface area (Å²) in [5.41, 5.74) is 6.48. The quantitative estimate of drug-likeness (QED) is 0.198. The number of carbonyl (C=O) groups excluding carboxylic acids is 1. The van der Waals surface area contributed by atoms with E-state index in [0.717, 1.165) is 27.8 Å². The van der Waals surface area contributed by atoms with E-state index in [1.807, 2.05) is 84.9 Å². The van der Waals surface area contributed by atoms with E-state index in [0.29, 0.717) is 31.1 Å². The summed E-state index contributed by atoms with van der Waals surface area (Å²) in [7, 11) is 3.57. The standard InChI is InChI=1S/C34H35N3O4/c1-37(2)36-33(39)34(24-25-10-5-3-6-11-25)31(28-16-14-27(15-17-28)26-12-7-4-8-13-26)41-32(35-34)29-18-20-30(21-19-29)40-23-9-22-38/h3-8,10-21,31,38H,9,22-24H2,1-2H3,(H,36,39)/t31-,34-/m0/s1. The second kappa shape index (κ2) is 12.8. The summed E-state index contributed by atoms with van der Waals surface area (Å²) >= 11 is 0. The van der Waals surface area contributed by atoms with Crippen LogP contribution in [0.5, 0.6) is 5.75 Å². The van der Waals surface area contributed by atoms with Gasteiger partial charge in [0.2, 0.25) is 5.90 Å². The van der Waals surface area contributed by atoms with Crippen LogP contribution in [-0.2, 0) is 16.0 Å². The van der Waals surface area contributed by atoms with Gasteiger partial charge in [-0.25, -0.2) is 10.0 Å². The number of nitrogens with one attached hydrogen (secondary N) is 1. The average Bonchev–Trinajstić information content (AvgIpc) is 3.39. The van der Waals surface area contributed by atoms with Crippen molar-refractivity contribution in [1.82, 2.24) is 10.4 Å². The Balaban J connectivity index is 1.55. The first-order chi connectivity index (χ1) is 20.0. The summed E-state index contributed by atoms with van der Waals surface area (Å²) in [6, 6.07) is 35.7. The predicted molar refractivity (Wildman–Crippen MR) is 161 cm³/mol. The molecule has 0 saturated carbocycles. The molecule has 1 aliphatic heterocycles. The van der Waals surface area contributed by atoms with Crippen molar-refractivity contribution in [2.45, 2.75) is 24.5 Å². The van der Waals surface area contributed by atoms with E-state index in [2.05, 4.69) is 29.7 Å². The maximum absolute atomic E-state index is 14.1. The van der Waals surface area contributed by atoms with Crippen molar-refractivity contribution in [1.29, 1.82) is 0 Å². The molecule has 4 aromatic rings. The Labute approximate surface area is 241 Å². The van der Waals surface area contributed by atoms with E-state index >= 15 is 0 Å². The van der Waals surface area contributed by atoms with E-state index < -0.39 is 11.6 Å². The Morgan fingerprint density at radius 1 is 0.878 bits per heavy atom. The number of nitrogens with zero attached hydrogens (tertiary/aromatic N) is 2. The molecule has 41 heavy (non-hydrogen) atoms. The Morgan fingerprint density at radius 3 is 2.12 bits per heavy atom. The molecule has 210 valence electrons. The molecule has 0 radical (unpaired) electrons. The van der Waals surface area contributed by atoms with Crippen LogP contribution in [0.15, 0.2) is 114 Å². The van der Waals surface area contributed by atoms with Crippen LogP contribution >= 0.6 is 0 Å². The Hall–Kier alpha value is -4.46. The van der Waals surface area contributed by atoms with Crippen LogP contribution in [0.25, 0.3) is 11.1 Å². The smallest absolute Gasteiger partial charge is 0.266 e. The number of benzene rings is 4. The Kier molecular flexibility index (Phi) is 8.77. The van der Waals surface area contributed by atoms with Crippen LogP contribution in [0.3, 0.4) is 0 Å². The first kappa shape index (κ1) is 28.1. The van der Waals surface area contributed by atoms with Gasteiger partial charge in [-0.2, -0.15) is 0 Å². The summed E-state index contributed by atoms with van der Waals surface area (Å²) in [5.74, 6) is 0.839. The highest BCUT2D eigenvalue weighted by molar-refractivity contribution is 6.01. The number of hydrogen-bond acceptors (Lipinski definition) is 6. The average molecular weight is 550 g/mol. The van der Waals surface area contributed by atoms with Gasteiger partial charge in [0.05, 0.1) is 6.61 Å². The molecular formula is C34H35N3O4. The van der Waals surface area contributed by atoms with E-state index in [1.54, 1.807) is 19.1 Å². The Morgan fingerprint density at radius 2 is 1.49 bits per heavy atom. The van der Waals surface area contributed by atoms with Gasteiger partial charge in [-0.1, -0.05) is 84.9 Å². The predicted octanol–water partition coefficient (Wildman–Crippen LogP) is 5.21. The monoisotopic (exact) mass is 549 g/mol. The fourth-order valence-corrected chi connectivity index (χ4v) is 4.97. The number of amides is 1. The summed E-state index contributed by atoms with van der Waals surface area (Å²) in [4.78, 5) is 19.1. The minimum atomic E-state index is -1.26. The third-order valence-electron chi connectivity index (χ3n) is 6.99. The fraction of sp³-hybridized carbons (Fsp3) is 0.235. The second-order valence-corrected chi connectivity index (χ2v) is 10.3. The Bertz CT molecular complexity index is 1460. The SMILES string of the molecule is CN(C)NC(=O)[C@@]1(Cc2ccccc2)N=C(c2ccc(OCCCO)cc2)O[C@H]1c1ccc(-c2ccccc2)cc1. The van der Waals surface area contributed by atoms with Crippen molar-refractivity contribution < 1.29 is 19.4 Å². The molecule has 0 unspecified atom stereocenters. The lowest BCUT2D eigenvalue weighted by atomic mass is 9.82. The van der Waals surface area contributed by atoms with Gasteiger partial charge in [0.15, 0.2) is 11.6 Å². The lowest BCUT2D eigenvalue weighted by Gasteiger charge is -2.32. The van der Waals surface area contributed by atoms with Crippen LogP contribution in [-0.4, -0.2) is 54.8 Å². The zero-order valence-corrected chi connectivity index (χ0v) is 23.4. The molecule has 2 N–H and O–H groups in total. The number of hydrogen-bond donors (Lipinski definition) is 2. The molecule has 1 aliphatic rings. The molecule has 0 saturated heterocycles. The van der Waals surface area contributed by atoms with Gasteiger partial charge < -0.3 is 14.6 Å². The summed E-state index contributed by atoms with van der Waals surface area (Å²) in [5, 5.41) is 10.7. The van der Waals surface area contributed by atoms with Gasteiger partial charge >= 0.3 is 0 Å². The van der Waals surface area contributed by atoms with Gasteiger partial charge in [-0.3, -0.25) is 10.2 Å². The molecule has 7 heteroatoms. The number of carbonyl (C=O) groups is 1. The van der Waals surface area contributed by atoms with Crippen LogP contribution < -0.4 is 10.2 Å². The van der Waals surface area contributed by atoms with Crippen LogP contribution in [0.4, 0.5) is 0 Å². The minimum Gasteiger partial charge on any atom is -0.494 e. The zero-order chi connectivity index (χ0) is 28.7. The summed E-state index contributed by atoms with van der Waals surface area (Å²) in [6.07, 6.45) is 0.249. The minimum absolute atomic E-state index is 0.0783. The van der Waals surface area contributed by atoms with E-state index in [4.69, 9.17) is 19.6 Å². The van der Waals surface area contributed by atoms with Crippen molar-refractivity contribution >= 4 is 11.8 Å². The number of aliphatic hydroxyl groups is 1. The topological polar surface area (TPSA) is 83.4 Å². The van der Waals surface area contributed by atoms with Crippen molar-refractivity contribution in [3.63, 3.8) is 0 Å². The van der Waals surface area contributed by atoms with Crippen molar-refractivity contribution in [3.05, 3.63) is 126 Å². The molecular weight excluding hydrogens is 514 g/mol. The summed E-state index contributed by atoms with van der Waals surface area (Å²) in [6.45, 7) is 0.508. The zero-order valence-electron chi connectivity index (χ0n) is 23.4. The highest BCUT2D eigenvalue weighted by Gasteiger charge is 2.53. The number of rotatable bonds is 11. The highest BCUT2D eigenvalue weighted by atomic mass is 16.5. The number of ether oxygens (including phenoxy) is 2. The normalized spacial score (nSPS) is 18.0. The first-order valence-electron chi connectivity index (χ1n) is 13.8. The van der Waals surface area contributed by atoms with Crippen LogP contribution in [0, 0.1) is 0 Å². The number of aliphatic imine (C=N–C) groups is 1. The highest BCUT2D eigenvalue weighted by Crippen LogP contribution is 2.43. The van der Waals surface area contributed by atoms with E-state index in [-0.39, 0.29) is 12.5 Å². The molecule has 7 nitrogen and oxygen atoms in total. The maximum Gasteiger partial charge on any atom is 0.266 e. The molecule has 1 heterocycles. The lowest BCUT2D eigenvalue weighted by molar-refractivity contribution is -0.132. The first-order valence-corrected chi connectivity index (χ1v) is 13.8. The maximum atomic E-state index is 14.1. The van der Waals surface area contributed by atoms with Crippen LogP contribution in [0.2, 0.25) is 0 Å². The van der Waals surface area contributed by atoms with Gasteiger partial charge in [0, 0.05) is 39.1 Å². The molecule has 2 atom stereocenters. The van der Waals surface area contributed by atoms with Crippen molar-refractivity contribution in [2.24, 2.45) is 4.99 Å². The lowest BCUT2D eigenvalue weighted by Crippen LogP contribution is -2.53. The number of aliphatic hydroxyl groups excluding tert-OH is 1. The molecule has 0 bridgehead atoms.